The molecule has 0 aliphatic heterocycles. The molecule has 0 amide bonds. The van der Waals surface area contributed by atoms with Gasteiger partial charge in [-0.1, -0.05) is 172 Å². The van der Waals surface area contributed by atoms with Crippen molar-refractivity contribution in [3.63, 3.8) is 0 Å². The van der Waals surface area contributed by atoms with Crippen molar-refractivity contribution < 1.29 is 0 Å². The van der Waals surface area contributed by atoms with Gasteiger partial charge in [0.05, 0.1) is 16.8 Å². The van der Waals surface area contributed by atoms with Gasteiger partial charge in [0, 0.05) is 26.1 Å². The highest BCUT2D eigenvalue weighted by Crippen LogP contribution is 2.66. The Bertz CT molecular complexity index is 2640. The predicted octanol–water partition coefficient (Wildman–Crippen LogP) is 14.1. The summed E-state index contributed by atoms with van der Waals surface area (Å²) < 4.78 is 1.41. The van der Waals surface area contributed by atoms with E-state index in [2.05, 4.69) is 122 Å². The molecule has 268 valence electrons. The molecule has 0 saturated carbocycles. The summed E-state index contributed by atoms with van der Waals surface area (Å²) in [7, 11) is 0. The molecule has 1 N–H and O–H groups in total. The van der Waals surface area contributed by atoms with Crippen LogP contribution in [0.1, 0.15) is 64.9 Å². The highest BCUT2D eigenvalue weighted by molar-refractivity contribution is 7.20. The first-order valence-corrected chi connectivity index (χ1v) is 20.0. The Morgan fingerprint density at radius 3 is 2.11 bits per heavy atom. The molecule has 7 aromatic rings. The van der Waals surface area contributed by atoms with Crippen molar-refractivity contribution in [3.05, 3.63) is 214 Å². The lowest BCUT2D eigenvalue weighted by molar-refractivity contribution is 0.726. The van der Waals surface area contributed by atoms with Gasteiger partial charge in [-0.15, -0.1) is 11.3 Å². The largest absolute Gasteiger partial charge is 0.300 e. The van der Waals surface area contributed by atoms with Gasteiger partial charge < -0.3 is 5.41 Å². The Balaban J connectivity index is 0.000000152. The third kappa shape index (κ3) is 6.06. The number of rotatable bonds is 5. The van der Waals surface area contributed by atoms with Crippen LogP contribution in [-0.2, 0) is 5.41 Å². The topological polar surface area (TPSA) is 36.2 Å². The van der Waals surface area contributed by atoms with E-state index in [1.165, 1.54) is 59.5 Å². The normalized spacial score (nSPS) is 15.9. The first-order valence-electron chi connectivity index (χ1n) is 19.2. The number of allylic oxidation sites excluding steroid dienone is 5. The minimum atomic E-state index is -0.114. The zero-order valence-corrected chi connectivity index (χ0v) is 32.5. The van der Waals surface area contributed by atoms with Crippen LogP contribution in [0.4, 0.5) is 0 Å². The van der Waals surface area contributed by atoms with Crippen LogP contribution in [0.25, 0.3) is 43.6 Å². The quantitative estimate of drug-likeness (QED) is 0.171. The molecule has 0 saturated heterocycles. The maximum Gasteiger partial charge on any atom is 0.0782 e. The minimum absolute atomic E-state index is 0.114. The van der Waals surface area contributed by atoms with Gasteiger partial charge in [-0.25, -0.2) is 0 Å². The number of nitrogens with zero attached hydrogens (tertiary/aromatic N) is 1. The fraction of sp³-hybridized carbons (Fsp3) is 0.115. The Morgan fingerprint density at radius 2 is 1.35 bits per heavy atom. The van der Waals surface area contributed by atoms with Crippen LogP contribution in [0.3, 0.4) is 0 Å². The molecule has 55 heavy (non-hydrogen) atoms. The minimum Gasteiger partial charge on any atom is -0.300 e. The van der Waals surface area contributed by atoms with E-state index < -0.39 is 0 Å². The highest BCUT2D eigenvalue weighted by atomic mass is 32.1. The molecule has 0 radical (unpaired) electrons. The molecule has 1 aromatic heterocycles. The predicted molar refractivity (Wildman–Crippen MR) is 238 cm³/mol. The van der Waals surface area contributed by atoms with E-state index in [0.717, 1.165) is 29.5 Å². The molecule has 1 spiro atoms. The fourth-order valence-corrected chi connectivity index (χ4v) is 10.1. The van der Waals surface area contributed by atoms with Gasteiger partial charge in [0.15, 0.2) is 0 Å². The Morgan fingerprint density at radius 1 is 0.691 bits per heavy atom. The molecule has 0 fully saturated rings. The second-order valence-corrected chi connectivity index (χ2v) is 14.9. The van der Waals surface area contributed by atoms with Gasteiger partial charge in [-0.3, -0.25) is 4.99 Å². The lowest BCUT2D eigenvalue weighted by Gasteiger charge is -2.32. The van der Waals surface area contributed by atoms with Crippen LogP contribution in [0.5, 0.6) is 0 Å². The van der Waals surface area contributed by atoms with Crippen LogP contribution in [-0.4, -0.2) is 12.4 Å². The number of nitrogens with one attached hydrogen (secondary N) is 1. The lowest BCUT2D eigenvalue weighted by Crippen LogP contribution is -2.27. The molecule has 10 rings (SSSR count). The number of hydrogen-bond acceptors (Lipinski definition) is 3. The number of fused-ring (bicyclic) bond motifs is 11. The molecule has 1 atom stereocenters. The van der Waals surface area contributed by atoms with Gasteiger partial charge >= 0.3 is 0 Å². The first-order chi connectivity index (χ1) is 27.1. The number of hydrogen-bond donors (Lipinski definition) is 1. The molecule has 6 aromatic carbocycles. The zero-order valence-electron chi connectivity index (χ0n) is 31.6. The van der Waals surface area contributed by atoms with E-state index in [4.69, 9.17) is 5.41 Å². The number of benzene rings is 6. The van der Waals surface area contributed by atoms with Gasteiger partial charge in [0.2, 0.25) is 0 Å². The van der Waals surface area contributed by atoms with Crippen LogP contribution in [0.2, 0.25) is 0 Å². The molecule has 3 aliphatic rings. The zero-order chi connectivity index (χ0) is 37.9. The summed E-state index contributed by atoms with van der Waals surface area (Å²) in [6.45, 7) is 9.93. The van der Waals surface area contributed by atoms with Gasteiger partial charge in [-0.2, -0.15) is 0 Å². The molecule has 0 bridgehead atoms. The third-order valence-corrected chi connectivity index (χ3v) is 12.2. The molecule has 3 aliphatic carbocycles. The monoisotopic (exact) mass is 728 g/mol. The second-order valence-electron chi connectivity index (χ2n) is 13.8. The van der Waals surface area contributed by atoms with Gasteiger partial charge in [-0.05, 0) is 94.3 Å². The van der Waals surface area contributed by atoms with Crippen LogP contribution >= 0.6 is 11.3 Å². The van der Waals surface area contributed by atoms with E-state index >= 15 is 0 Å². The fourth-order valence-electron chi connectivity index (χ4n) is 8.59. The first kappa shape index (κ1) is 35.8. The summed E-state index contributed by atoms with van der Waals surface area (Å²) in [6, 6.07) is 53.1. The lowest BCUT2D eigenvalue weighted by atomic mass is 9.71. The van der Waals surface area contributed by atoms with Crippen molar-refractivity contribution in [2.75, 3.05) is 0 Å². The van der Waals surface area contributed by atoms with Crippen LogP contribution in [0.15, 0.2) is 180 Å². The summed E-state index contributed by atoms with van der Waals surface area (Å²) in [6.07, 6.45) is 8.76. The van der Waals surface area contributed by atoms with E-state index in [0.29, 0.717) is 11.4 Å². The summed E-state index contributed by atoms with van der Waals surface area (Å²) >= 11 is 2.01. The van der Waals surface area contributed by atoms with Crippen LogP contribution < -0.4 is 0 Å². The maximum absolute atomic E-state index is 8.23. The Labute approximate surface area is 329 Å². The Kier molecular flexibility index (Phi) is 9.97. The van der Waals surface area contributed by atoms with E-state index in [1.54, 1.807) is 11.6 Å². The maximum atomic E-state index is 8.23. The van der Waals surface area contributed by atoms with E-state index in [-0.39, 0.29) is 5.41 Å². The molecule has 3 heteroatoms. The van der Waals surface area contributed by atoms with Crippen molar-refractivity contribution in [3.8, 4) is 22.3 Å². The smallest absolute Gasteiger partial charge is 0.0782 e. The molecule has 1 heterocycles. The third-order valence-electron chi connectivity index (χ3n) is 10.9. The van der Waals surface area contributed by atoms with E-state index in [1.807, 2.05) is 85.8 Å². The van der Waals surface area contributed by atoms with Gasteiger partial charge in [0.25, 0.3) is 0 Å². The SMILES string of the molecule is C=N/C(=C\C(=N)c1ccccc1)c1ccc(-c2ccccc2)cc1.CC.Cc1cccc2c1-c1c(sc3ccccc13)C21C2=C(C=CCC2)c2ccccc21. The van der Waals surface area contributed by atoms with Crippen molar-refractivity contribution in [2.45, 2.75) is 39.0 Å². The molecule has 2 nitrogen and oxygen atoms in total. The number of aliphatic imine (C=N–C) groups is 1. The average Bonchev–Trinajstić information content (AvgIpc) is 3.88. The van der Waals surface area contributed by atoms with E-state index in [9.17, 15) is 0 Å². The second kappa shape index (κ2) is 15.3. The van der Waals surface area contributed by atoms with Crippen molar-refractivity contribution in [2.24, 2.45) is 4.99 Å². The number of thiophene rings is 1. The molecule has 1 unspecified atom stereocenters. The average molecular weight is 729 g/mol. The number of aryl methyl sites for hydroxylation is 1. The van der Waals surface area contributed by atoms with Gasteiger partial charge in [0.1, 0.15) is 0 Å². The summed E-state index contributed by atoms with van der Waals surface area (Å²) in [5, 5.41) is 9.64. The molecular formula is C52H44N2S. The summed E-state index contributed by atoms with van der Waals surface area (Å²) in [4.78, 5) is 5.63. The Hall–Kier alpha value is -6.16. The summed E-state index contributed by atoms with van der Waals surface area (Å²) in [5.74, 6) is 0. The standard InChI is InChI=1S/C28H20S.C22H18N2.C2H6/c1-17-9-8-15-23-25(17)26-20-12-4-7-16-24(20)29-27(26)28(23)21-13-5-2-10-18(21)19-11-3-6-14-22(19)28;1-24-22(16-21(23)19-10-6-3-7-11-19)20-14-12-18(13-15-20)17-8-4-2-5-9-17;1-2/h2-5,7-13,15-16H,6,14H2,1H3;2-16,23H,1H2;1-2H3/b;22-16-,23-21?;. The highest BCUT2D eigenvalue weighted by Gasteiger charge is 2.54. The van der Waals surface area contributed by atoms with Crippen molar-refractivity contribution >= 4 is 45.1 Å². The van der Waals surface area contributed by atoms with Crippen molar-refractivity contribution in [1.82, 2.24) is 0 Å². The summed E-state index contributed by atoms with van der Waals surface area (Å²) in [5.41, 5.74) is 17.0. The van der Waals surface area contributed by atoms with Crippen LogP contribution in [0, 0.1) is 12.3 Å². The van der Waals surface area contributed by atoms with Crippen molar-refractivity contribution in [1.29, 1.82) is 5.41 Å². The molecular weight excluding hydrogens is 685 g/mol.